The van der Waals surface area contributed by atoms with Gasteiger partial charge < -0.3 is 45.1 Å². The zero-order chi connectivity index (χ0) is 51.8. The maximum absolute atomic E-state index is 13.3. The first-order valence-corrected chi connectivity index (χ1v) is 27.3. The zero-order valence-electron chi connectivity index (χ0n) is 44.0. The van der Waals surface area contributed by atoms with Crippen LogP contribution in [-0.2, 0) is 23.8 Å². The minimum atomic E-state index is -1.66. The van der Waals surface area contributed by atoms with Gasteiger partial charge in [0.15, 0.2) is 12.4 Å². The molecule has 0 aliphatic carbocycles. The fraction of sp³-hybridized carbons (Fsp3) is 0.633. The van der Waals surface area contributed by atoms with Crippen LogP contribution in [-0.4, -0.2) is 99.6 Å². The van der Waals surface area contributed by atoms with Gasteiger partial charge in [0.25, 0.3) is 0 Å². The fourth-order valence-electron chi connectivity index (χ4n) is 7.62. The molecule has 11 nitrogen and oxygen atoms in total. The molecule has 71 heavy (non-hydrogen) atoms. The smallest absolute Gasteiger partial charge is 0.306 e. The van der Waals surface area contributed by atoms with E-state index in [0.717, 1.165) is 89.9 Å². The molecule has 1 amide bonds. The second-order valence-corrected chi connectivity index (χ2v) is 18.3. The molecule has 1 fully saturated rings. The molecule has 0 aromatic rings. The van der Waals surface area contributed by atoms with E-state index < -0.39 is 67.4 Å². The first-order chi connectivity index (χ1) is 34.7. The lowest BCUT2D eigenvalue weighted by atomic mass is 9.99. The van der Waals surface area contributed by atoms with Crippen molar-refractivity contribution in [2.24, 2.45) is 0 Å². The van der Waals surface area contributed by atoms with E-state index in [1.807, 2.05) is 42.5 Å². The van der Waals surface area contributed by atoms with Crippen molar-refractivity contribution >= 4 is 11.9 Å². The van der Waals surface area contributed by atoms with Gasteiger partial charge in [0.1, 0.15) is 24.4 Å². The van der Waals surface area contributed by atoms with E-state index in [1.165, 1.54) is 38.5 Å². The van der Waals surface area contributed by atoms with Crippen LogP contribution in [0.15, 0.2) is 122 Å². The SMILES string of the molecule is CC/C=C\C/C=C\C/C=C\C/C=C\C/C=C\C/C=C\CCC(=O)OC1C(OCC(NC(=O)C(O)CCCCCC\C=C/C=C/C=C/CC)C(O)/C=C/CCCCCCCCCCC)OC(CO)C(O)C1O. The third kappa shape index (κ3) is 35.8. The van der Waals surface area contributed by atoms with Gasteiger partial charge >= 0.3 is 5.97 Å². The molecule has 402 valence electrons. The maximum atomic E-state index is 13.3. The molecule has 1 heterocycles. The standard InChI is InChI=1S/C60H97NO10/c1-4-7-10-13-16-19-22-24-25-26-27-28-29-30-33-36-39-42-45-48-55(65)71-58-57(67)56(66)54(49-62)70-60(58)69-50-51(52(63)46-43-40-37-34-31-21-18-15-12-9-6-3)61-59(68)53(64)47-44-41-38-35-32-23-20-17-14-11-8-5-2/h7-8,10-11,14,16-17,19-20,23-25,27-28,30,33,39,42-43,46,51-54,56-58,60,62-64,66-67H,4-6,9,12-13,15,18,21-22,26,29,31-32,34-38,40-41,44-45,47-50H2,1-3H3,(H,61,68)/b10-7-,11-8+,17-14+,19-16-,23-20-,25-24-,28-27-,33-30-,42-39-,46-43+. The molecule has 8 atom stereocenters. The third-order valence-corrected chi connectivity index (χ3v) is 11.9. The second kappa shape index (κ2) is 47.1. The molecule has 0 aromatic heterocycles. The highest BCUT2D eigenvalue weighted by atomic mass is 16.7. The Morgan fingerprint density at radius 1 is 0.577 bits per heavy atom. The minimum Gasteiger partial charge on any atom is -0.454 e. The van der Waals surface area contributed by atoms with E-state index in [9.17, 15) is 35.1 Å². The van der Waals surface area contributed by atoms with Crippen LogP contribution in [0.2, 0.25) is 0 Å². The van der Waals surface area contributed by atoms with Crippen LogP contribution in [0.25, 0.3) is 0 Å². The lowest BCUT2D eigenvalue weighted by Crippen LogP contribution is -2.61. The number of allylic oxidation sites excluding steroid dienone is 19. The number of aliphatic hydroxyl groups excluding tert-OH is 5. The number of nitrogens with one attached hydrogen (secondary N) is 1. The Balaban J connectivity index is 2.80. The molecule has 6 N–H and O–H groups in total. The van der Waals surface area contributed by atoms with Gasteiger partial charge in [-0.15, -0.1) is 0 Å². The van der Waals surface area contributed by atoms with Gasteiger partial charge in [-0.3, -0.25) is 9.59 Å². The van der Waals surface area contributed by atoms with Crippen molar-refractivity contribution in [1.82, 2.24) is 5.32 Å². The van der Waals surface area contributed by atoms with Crippen LogP contribution in [0.1, 0.15) is 181 Å². The average molecular weight is 992 g/mol. The lowest BCUT2D eigenvalue weighted by molar-refractivity contribution is -0.305. The van der Waals surface area contributed by atoms with Gasteiger partial charge in [-0.1, -0.05) is 213 Å². The van der Waals surface area contributed by atoms with Crippen LogP contribution >= 0.6 is 0 Å². The maximum Gasteiger partial charge on any atom is 0.306 e. The van der Waals surface area contributed by atoms with Crippen LogP contribution in [0.4, 0.5) is 0 Å². The quantitative estimate of drug-likeness (QED) is 0.0149. The summed E-state index contributed by atoms with van der Waals surface area (Å²) in [6.45, 7) is 5.43. The number of unbranched alkanes of at least 4 members (excludes halogenated alkanes) is 13. The van der Waals surface area contributed by atoms with Crippen molar-refractivity contribution in [3.63, 3.8) is 0 Å². The summed E-state index contributed by atoms with van der Waals surface area (Å²) in [6, 6.07) is -1.06. The van der Waals surface area contributed by atoms with Gasteiger partial charge in [-0.25, -0.2) is 0 Å². The van der Waals surface area contributed by atoms with Gasteiger partial charge in [0.05, 0.1) is 25.4 Å². The second-order valence-electron chi connectivity index (χ2n) is 18.3. The molecule has 1 rings (SSSR count). The van der Waals surface area contributed by atoms with Crippen molar-refractivity contribution in [1.29, 1.82) is 0 Å². The summed E-state index contributed by atoms with van der Waals surface area (Å²) < 4.78 is 17.4. The zero-order valence-corrected chi connectivity index (χ0v) is 44.0. The van der Waals surface area contributed by atoms with Crippen LogP contribution in [0.5, 0.6) is 0 Å². The predicted molar refractivity (Wildman–Crippen MR) is 291 cm³/mol. The summed E-state index contributed by atoms with van der Waals surface area (Å²) in [5.41, 5.74) is 0. The normalized spacial score (nSPS) is 20.6. The van der Waals surface area contributed by atoms with E-state index in [-0.39, 0.29) is 19.4 Å². The molecular weight excluding hydrogens is 895 g/mol. The van der Waals surface area contributed by atoms with E-state index in [0.29, 0.717) is 19.3 Å². The number of hydrogen-bond acceptors (Lipinski definition) is 10. The van der Waals surface area contributed by atoms with Gasteiger partial charge in [0, 0.05) is 6.42 Å². The molecule has 1 saturated heterocycles. The van der Waals surface area contributed by atoms with Gasteiger partial charge in [-0.05, 0) is 83.5 Å². The van der Waals surface area contributed by atoms with E-state index in [4.69, 9.17) is 14.2 Å². The monoisotopic (exact) mass is 992 g/mol. The predicted octanol–water partition coefficient (Wildman–Crippen LogP) is 11.9. The van der Waals surface area contributed by atoms with Gasteiger partial charge in [0.2, 0.25) is 5.91 Å². The molecule has 0 saturated carbocycles. The summed E-state index contributed by atoms with van der Waals surface area (Å²) in [5, 5.41) is 56.6. The average Bonchev–Trinajstić information content (AvgIpc) is 3.37. The molecule has 8 unspecified atom stereocenters. The highest BCUT2D eigenvalue weighted by molar-refractivity contribution is 5.80. The number of aliphatic hydroxyl groups is 5. The van der Waals surface area contributed by atoms with Crippen molar-refractivity contribution < 1.29 is 49.3 Å². The Morgan fingerprint density at radius 2 is 1.08 bits per heavy atom. The lowest BCUT2D eigenvalue weighted by Gasteiger charge is -2.41. The van der Waals surface area contributed by atoms with Gasteiger partial charge in [-0.2, -0.15) is 0 Å². The Labute approximate surface area is 430 Å². The number of ether oxygens (including phenoxy) is 3. The van der Waals surface area contributed by atoms with E-state index in [1.54, 1.807) is 6.08 Å². The summed E-state index contributed by atoms with van der Waals surface area (Å²) in [6.07, 6.45) is 54.0. The number of esters is 1. The Morgan fingerprint density at radius 3 is 1.65 bits per heavy atom. The summed E-state index contributed by atoms with van der Waals surface area (Å²) in [4.78, 5) is 26.4. The molecule has 1 aliphatic heterocycles. The topological polar surface area (TPSA) is 175 Å². The molecule has 0 spiro atoms. The van der Waals surface area contributed by atoms with E-state index in [2.05, 4.69) is 99.0 Å². The van der Waals surface area contributed by atoms with Crippen LogP contribution in [0, 0.1) is 0 Å². The largest absolute Gasteiger partial charge is 0.454 e. The molecule has 0 radical (unpaired) electrons. The number of carbonyl (C=O) groups is 2. The minimum absolute atomic E-state index is 0.0114. The van der Waals surface area contributed by atoms with Crippen LogP contribution < -0.4 is 5.32 Å². The molecule has 11 heteroatoms. The number of amides is 1. The highest BCUT2D eigenvalue weighted by Crippen LogP contribution is 2.26. The first kappa shape index (κ1) is 65.1. The molecular formula is C60H97NO10. The molecule has 0 aromatic carbocycles. The first-order valence-electron chi connectivity index (χ1n) is 27.3. The number of rotatable bonds is 43. The van der Waals surface area contributed by atoms with Crippen molar-refractivity contribution in [2.75, 3.05) is 13.2 Å². The molecule has 1 aliphatic rings. The van der Waals surface area contributed by atoms with Crippen molar-refractivity contribution in [2.45, 2.75) is 230 Å². The highest BCUT2D eigenvalue weighted by Gasteiger charge is 2.47. The Bertz CT molecular complexity index is 1610. The summed E-state index contributed by atoms with van der Waals surface area (Å²) >= 11 is 0. The third-order valence-electron chi connectivity index (χ3n) is 11.9. The number of hydrogen-bond donors (Lipinski definition) is 6. The number of carbonyl (C=O) groups excluding carboxylic acids is 2. The summed E-state index contributed by atoms with van der Waals surface area (Å²) in [7, 11) is 0. The van der Waals surface area contributed by atoms with Crippen molar-refractivity contribution in [3.05, 3.63) is 122 Å². The Hall–Kier alpha value is -3.94. The van der Waals surface area contributed by atoms with Crippen molar-refractivity contribution in [3.8, 4) is 0 Å². The van der Waals surface area contributed by atoms with E-state index >= 15 is 0 Å². The fourth-order valence-corrected chi connectivity index (χ4v) is 7.62. The summed E-state index contributed by atoms with van der Waals surface area (Å²) in [5.74, 6) is -1.32. The molecule has 0 bridgehead atoms. The Kier molecular flexibility index (Phi) is 43.2. The van der Waals surface area contributed by atoms with Crippen LogP contribution in [0.3, 0.4) is 0 Å².